The number of benzene rings is 2. The quantitative estimate of drug-likeness (QED) is 0.156. The summed E-state index contributed by atoms with van der Waals surface area (Å²) in [6.07, 6.45) is 4.37. The van der Waals surface area contributed by atoms with Crippen LogP contribution in [-0.4, -0.2) is 17.0 Å². The second-order valence-corrected chi connectivity index (χ2v) is 11.6. The van der Waals surface area contributed by atoms with Crippen molar-refractivity contribution in [3.8, 4) is 11.3 Å². The summed E-state index contributed by atoms with van der Waals surface area (Å²) in [6, 6.07) is 19.3. The first-order valence-electron chi connectivity index (χ1n) is 12.6. The number of nitro benzene ring substituents is 1. The maximum atomic E-state index is 13.5. The number of carbonyl (C=O) groups is 1. The molecule has 2 aromatic heterocycles. The molecule has 38 heavy (non-hydrogen) atoms. The highest BCUT2D eigenvalue weighted by Gasteiger charge is 2.33. The van der Waals surface area contributed by atoms with E-state index in [1.165, 1.54) is 10.9 Å². The lowest BCUT2D eigenvalue weighted by atomic mass is 9.72. The summed E-state index contributed by atoms with van der Waals surface area (Å²) in [4.78, 5) is 30.4. The van der Waals surface area contributed by atoms with Crippen LogP contribution in [-0.2, 0) is 12.8 Å². The Balaban J connectivity index is 1.48. The molecule has 0 radical (unpaired) electrons. The summed E-state index contributed by atoms with van der Waals surface area (Å²) < 4.78 is 5.89. The Bertz CT molecular complexity index is 1510. The van der Waals surface area contributed by atoms with Crippen LogP contribution in [0.5, 0.6) is 0 Å². The number of fused-ring (bicyclic) bond motifs is 1. The Labute approximate surface area is 225 Å². The molecule has 4 aromatic rings. The van der Waals surface area contributed by atoms with Gasteiger partial charge in [0.2, 0.25) is 0 Å². The van der Waals surface area contributed by atoms with Crippen molar-refractivity contribution in [3.63, 3.8) is 0 Å². The molecule has 1 N–H and O–H groups in total. The molecule has 1 atom stereocenters. The summed E-state index contributed by atoms with van der Waals surface area (Å²) in [6.45, 7) is 6.80. The van der Waals surface area contributed by atoms with Crippen molar-refractivity contribution < 1.29 is 14.1 Å². The fraction of sp³-hybridized carbons (Fsp3) is 0.267. The fourth-order valence-electron chi connectivity index (χ4n) is 4.88. The highest BCUT2D eigenvalue weighted by molar-refractivity contribution is 7.16. The minimum atomic E-state index is -0.426. The van der Waals surface area contributed by atoms with Crippen LogP contribution < -0.4 is 5.32 Å². The molecule has 2 heterocycles. The van der Waals surface area contributed by atoms with Gasteiger partial charge in [0.25, 0.3) is 11.6 Å². The Hall–Kier alpha value is -4.04. The van der Waals surface area contributed by atoms with Crippen LogP contribution in [0.1, 0.15) is 53.8 Å². The zero-order valence-electron chi connectivity index (χ0n) is 21.6. The molecule has 8 heteroatoms. The molecule has 0 unspecified atom stereocenters. The number of nitrogens with zero attached hydrogens (tertiary/aromatic N) is 2. The first kappa shape index (κ1) is 25.6. The SMILES string of the molecule is CC(C)(C)[C@@H]1CCc2c(sc(N=Cc3ccc(-c4ccccc4[N+](=O)[O-])o3)c2C(=O)Nc2ccccc2)C1. The van der Waals surface area contributed by atoms with Gasteiger partial charge in [0.05, 0.1) is 22.3 Å². The van der Waals surface area contributed by atoms with Gasteiger partial charge in [-0.2, -0.15) is 0 Å². The van der Waals surface area contributed by atoms with E-state index in [2.05, 4.69) is 26.1 Å². The van der Waals surface area contributed by atoms with Crippen molar-refractivity contribution in [1.29, 1.82) is 0 Å². The third kappa shape index (κ3) is 5.31. The second-order valence-electron chi connectivity index (χ2n) is 10.5. The standard InChI is InChI=1S/C30H29N3O4S/c1-30(2,3)19-13-15-23-26(17-19)38-29(27(23)28(34)32-20-9-5-4-6-10-20)31-18-21-14-16-25(37-21)22-11-7-8-12-24(22)33(35)36/h4-12,14,16,18-19H,13,15,17H2,1-3H3,(H,32,34)/t19-/m1/s1. The van der Waals surface area contributed by atoms with Gasteiger partial charge < -0.3 is 9.73 Å². The minimum Gasteiger partial charge on any atom is -0.455 e. The number of para-hydroxylation sites is 2. The number of anilines is 1. The predicted octanol–water partition coefficient (Wildman–Crippen LogP) is 8.07. The van der Waals surface area contributed by atoms with Crippen LogP contribution in [0.2, 0.25) is 0 Å². The molecule has 0 saturated heterocycles. The highest BCUT2D eigenvalue weighted by Crippen LogP contribution is 2.45. The number of hydrogen-bond acceptors (Lipinski definition) is 6. The molecule has 1 aliphatic rings. The number of aliphatic imine (C=N–C) groups is 1. The molecular weight excluding hydrogens is 498 g/mol. The van der Waals surface area contributed by atoms with Crippen LogP contribution in [0.4, 0.5) is 16.4 Å². The predicted molar refractivity (Wildman–Crippen MR) is 152 cm³/mol. The normalized spacial score (nSPS) is 15.4. The van der Waals surface area contributed by atoms with Gasteiger partial charge in [-0.1, -0.05) is 51.1 Å². The zero-order valence-corrected chi connectivity index (χ0v) is 22.4. The van der Waals surface area contributed by atoms with Gasteiger partial charge in [-0.15, -0.1) is 11.3 Å². The number of nitro groups is 1. The molecule has 0 bridgehead atoms. The van der Waals surface area contributed by atoms with E-state index in [9.17, 15) is 14.9 Å². The van der Waals surface area contributed by atoms with Crippen LogP contribution in [0, 0.1) is 21.4 Å². The first-order valence-corrected chi connectivity index (χ1v) is 13.4. The van der Waals surface area contributed by atoms with E-state index < -0.39 is 4.92 Å². The first-order chi connectivity index (χ1) is 18.2. The summed E-state index contributed by atoms with van der Waals surface area (Å²) in [5, 5.41) is 15.1. The van der Waals surface area contributed by atoms with Crippen LogP contribution in [0.15, 0.2) is 76.1 Å². The lowest BCUT2D eigenvalue weighted by molar-refractivity contribution is -0.384. The van der Waals surface area contributed by atoms with Gasteiger partial charge >= 0.3 is 0 Å². The van der Waals surface area contributed by atoms with Crippen molar-refractivity contribution in [2.45, 2.75) is 40.0 Å². The van der Waals surface area contributed by atoms with Gasteiger partial charge in [0.1, 0.15) is 16.5 Å². The topological polar surface area (TPSA) is 97.7 Å². The number of furan rings is 1. The molecule has 194 valence electrons. The van der Waals surface area contributed by atoms with E-state index in [-0.39, 0.29) is 17.0 Å². The smallest absolute Gasteiger partial charge is 0.280 e. The maximum Gasteiger partial charge on any atom is 0.280 e. The van der Waals surface area contributed by atoms with Crippen LogP contribution in [0.3, 0.4) is 0 Å². The van der Waals surface area contributed by atoms with Gasteiger partial charge in [-0.3, -0.25) is 14.9 Å². The Morgan fingerprint density at radius 1 is 1.11 bits per heavy atom. The minimum absolute atomic E-state index is 0.0236. The number of thiophene rings is 1. The van der Waals surface area contributed by atoms with E-state index in [0.717, 1.165) is 30.5 Å². The fourth-order valence-corrected chi connectivity index (χ4v) is 6.15. The average molecular weight is 528 g/mol. The number of rotatable bonds is 6. The van der Waals surface area contributed by atoms with E-state index in [0.29, 0.717) is 33.6 Å². The molecule has 0 fully saturated rings. The molecular formula is C30H29N3O4S. The number of carbonyl (C=O) groups excluding carboxylic acids is 1. The van der Waals surface area contributed by atoms with Crippen molar-refractivity contribution in [1.82, 2.24) is 0 Å². The van der Waals surface area contributed by atoms with Crippen LogP contribution in [0.25, 0.3) is 11.3 Å². The van der Waals surface area contributed by atoms with Crippen molar-refractivity contribution in [2.75, 3.05) is 5.32 Å². The Morgan fingerprint density at radius 3 is 2.58 bits per heavy atom. The summed E-state index contributed by atoms with van der Waals surface area (Å²) in [7, 11) is 0. The summed E-state index contributed by atoms with van der Waals surface area (Å²) in [5.74, 6) is 1.20. The Kier molecular flexibility index (Phi) is 6.99. The van der Waals surface area contributed by atoms with Crippen molar-refractivity contribution in [3.05, 3.63) is 98.6 Å². The number of nitrogens with one attached hydrogen (secondary N) is 1. The molecule has 0 saturated carbocycles. The molecule has 0 aliphatic heterocycles. The third-order valence-corrected chi connectivity index (χ3v) is 8.19. The molecule has 5 rings (SSSR count). The van der Waals surface area contributed by atoms with E-state index >= 15 is 0 Å². The van der Waals surface area contributed by atoms with Crippen LogP contribution >= 0.6 is 11.3 Å². The second kappa shape index (κ2) is 10.4. The molecule has 0 spiro atoms. The van der Waals surface area contributed by atoms with E-state index in [1.807, 2.05) is 30.3 Å². The molecule has 1 amide bonds. The van der Waals surface area contributed by atoms with Crippen molar-refractivity contribution in [2.24, 2.45) is 16.3 Å². The zero-order chi connectivity index (χ0) is 26.9. The molecule has 1 aliphatic carbocycles. The number of amides is 1. The van der Waals surface area contributed by atoms with E-state index in [1.54, 1.807) is 47.9 Å². The lowest BCUT2D eigenvalue weighted by Gasteiger charge is -2.33. The van der Waals surface area contributed by atoms with Gasteiger partial charge in [-0.05, 0) is 66.5 Å². The Morgan fingerprint density at radius 2 is 1.84 bits per heavy atom. The largest absolute Gasteiger partial charge is 0.455 e. The highest BCUT2D eigenvalue weighted by atomic mass is 32.1. The van der Waals surface area contributed by atoms with E-state index in [4.69, 9.17) is 9.41 Å². The number of hydrogen-bond donors (Lipinski definition) is 1. The molecule has 2 aromatic carbocycles. The average Bonchev–Trinajstić information content (AvgIpc) is 3.51. The van der Waals surface area contributed by atoms with Gasteiger partial charge in [-0.25, -0.2) is 4.99 Å². The van der Waals surface area contributed by atoms with Crippen molar-refractivity contribution >= 4 is 39.8 Å². The summed E-state index contributed by atoms with van der Waals surface area (Å²) >= 11 is 1.56. The lowest BCUT2D eigenvalue weighted by Crippen LogP contribution is -2.27. The van der Waals surface area contributed by atoms with Gasteiger partial charge in [0, 0.05) is 16.6 Å². The third-order valence-electron chi connectivity index (χ3n) is 7.03. The summed E-state index contributed by atoms with van der Waals surface area (Å²) in [5.41, 5.74) is 2.99. The molecule has 7 nitrogen and oxygen atoms in total. The maximum absolute atomic E-state index is 13.5. The monoisotopic (exact) mass is 527 g/mol. The van der Waals surface area contributed by atoms with Gasteiger partial charge in [0.15, 0.2) is 0 Å².